The van der Waals surface area contributed by atoms with Crippen LogP contribution in [0.3, 0.4) is 0 Å². The van der Waals surface area contributed by atoms with Gasteiger partial charge in [-0.2, -0.15) is 0 Å². The molecule has 0 heterocycles. The average Bonchev–Trinajstić information content (AvgIpc) is 2.75. The summed E-state index contributed by atoms with van der Waals surface area (Å²) in [4.78, 5) is 24.0. The molecule has 0 aromatic heterocycles. The molecule has 2 atom stereocenters. The van der Waals surface area contributed by atoms with E-state index in [9.17, 15) is 19.1 Å². The second-order valence-electron chi connectivity index (χ2n) is 5.74. The van der Waals surface area contributed by atoms with Crippen molar-refractivity contribution in [3.63, 3.8) is 0 Å². The van der Waals surface area contributed by atoms with E-state index in [1.165, 1.54) is 12.1 Å². The normalized spacial score (nSPS) is 21.3. The van der Waals surface area contributed by atoms with Gasteiger partial charge in [-0.15, -0.1) is 0 Å². The van der Waals surface area contributed by atoms with Crippen LogP contribution in [0.15, 0.2) is 18.2 Å². The molecular weight excluding hydrogens is 323 g/mol. The lowest BCUT2D eigenvalue weighted by Gasteiger charge is -2.24. The fraction of sp³-hybridized carbons (Fsp3) is 0.500. The van der Waals surface area contributed by atoms with Gasteiger partial charge < -0.3 is 15.7 Å². The van der Waals surface area contributed by atoms with Gasteiger partial charge in [-0.25, -0.2) is 4.39 Å². The van der Waals surface area contributed by atoms with E-state index in [-0.39, 0.29) is 29.3 Å². The Kier molecular flexibility index (Phi) is 6.36. The summed E-state index contributed by atoms with van der Waals surface area (Å²) in [6, 6.07) is 3.46. The van der Waals surface area contributed by atoms with E-state index in [4.69, 9.17) is 11.6 Å². The predicted octanol–water partition coefficient (Wildman–Crippen LogP) is 2.48. The molecule has 0 spiro atoms. The lowest BCUT2D eigenvalue weighted by atomic mass is 9.95. The van der Waals surface area contributed by atoms with Gasteiger partial charge in [0.25, 0.3) is 0 Å². The van der Waals surface area contributed by atoms with Crippen LogP contribution in [0.4, 0.5) is 10.1 Å². The zero-order valence-corrected chi connectivity index (χ0v) is 13.4. The second-order valence-corrected chi connectivity index (χ2v) is 6.18. The third kappa shape index (κ3) is 4.91. The van der Waals surface area contributed by atoms with Crippen LogP contribution in [0.1, 0.15) is 32.1 Å². The Morgan fingerprint density at radius 2 is 1.96 bits per heavy atom. The van der Waals surface area contributed by atoms with Crippen molar-refractivity contribution in [1.82, 2.24) is 5.32 Å². The Labute approximate surface area is 139 Å². The maximum atomic E-state index is 13.6. The summed E-state index contributed by atoms with van der Waals surface area (Å²) < 4.78 is 13.6. The molecule has 1 fully saturated rings. The molecule has 3 N–H and O–H groups in total. The fourth-order valence-corrected chi connectivity index (χ4v) is 2.97. The Balaban J connectivity index is 1.98. The monoisotopic (exact) mass is 342 g/mol. The van der Waals surface area contributed by atoms with E-state index < -0.39 is 17.6 Å². The Morgan fingerprint density at radius 1 is 1.22 bits per heavy atom. The van der Waals surface area contributed by atoms with Crippen LogP contribution in [0.25, 0.3) is 0 Å². The third-order valence-electron chi connectivity index (χ3n) is 4.09. The Hall–Kier alpha value is -1.66. The second kappa shape index (κ2) is 8.26. The highest BCUT2D eigenvalue weighted by Crippen LogP contribution is 2.23. The molecule has 0 saturated heterocycles. The lowest BCUT2D eigenvalue weighted by Crippen LogP contribution is -2.45. The molecule has 7 heteroatoms. The molecule has 0 bridgehead atoms. The van der Waals surface area contributed by atoms with Gasteiger partial charge >= 0.3 is 11.8 Å². The van der Waals surface area contributed by atoms with Gasteiger partial charge in [0.15, 0.2) is 0 Å². The number of aliphatic hydroxyl groups excluding tert-OH is 1. The molecule has 1 aromatic rings. The minimum Gasteiger partial charge on any atom is -0.396 e. The summed E-state index contributed by atoms with van der Waals surface area (Å²) in [5.41, 5.74) is -0.141. The number of nitrogens with one attached hydrogen (secondary N) is 2. The van der Waals surface area contributed by atoms with Crippen molar-refractivity contribution in [2.45, 2.75) is 38.1 Å². The largest absolute Gasteiger partial charge is 0.396 e. The van der Waals surface area contributed by atoms with Crippen molar-refractivity contribution in [2.24, 2.45) is 5.92 Å². The van der Waals surface area contributed by atoms with E-state index in [2.05, 4.69) is 10.6 Å². The van der Waals surface area contributed by atoms with Crippen molar-refractivity contribution in [3.05, 3.63) is 29.0 Å². The smallest absolute Gasteiger partial charge is 0.313 e. The first-order valence-electron chi connectivity index (χ1n) is 7.69. The van der Waals surface area contributed by atoms with Gasteiger partial charge in [-0.05, 0) is 31.0 Å². The highest BCUT2D eigenvalue weighted by molar-refractivity contribution is 6.40. The number of aliphatic hydroxyl groups is 1. The van der Waals surface area contributed by atoms with Crippen LogP contribution in [0.5, 0.6) is 0 Å². The van der Waals surface area contributed by atoms with E-state index >= 15 is 0 Å². The van der Waals surface area contributed by atoms with Crippen molar-refractivity contribution in [2.75, 3.05) is 11.9 Å². The minimum absolute atomic E-state index is 0.0323. The van der Waals surface area contributed by atoms with Crippen molar-refractivity contribution < 1.29 is 19.1 Å². The number of carbonyl (C=O) groups is 2. The number of carbonyl (C=O) groups excluding carboxylic acids is 2. The number of amides is 2. The first-order valence-corrected chi connectivity index (χ1v) is 8.07. The molecule has 2 unspecified atom stereocenters. The quantitative estimate of drug-likeness (QED) is 0.583. The number of benzene rings is 1. The number of anilines is 1. The molecule has 1 aliphatic rings. The molecule has 126 valence electrons. The predicted molar refractivity (Wildman–Crippen MR) is 85.6 cm³/mol. The molecule has 5 nitrogen and oxygen atoms in total. The van der Waals surface area contributed by atoms with Crippen LogP contribution < -0.4 is 10.6 Å². The molecule has 23 heavy (non-hydrogen) atoms. The zero-order chi connectivity index (χ0) is 16.8. The fourth-order valence-electron chi connectivity index (χ4n) is 2.80. The number of hydrogen-bond acceptors (Lipinski definition) is 3. The number of halogens is 2. The number of hydrogen-bond donors (Lipinski definition) is 3. The minimum atomic E-state index is -0.952. The molecule has 1 saturated carbocycles. The van der Waals surface area contributed by atoms with Gasteiger partial charge in [-0.3, -0.25) is 9.59 Å². The molecule has 0 aliphatic heterocycles. The van der Waals surface area contributed by atoms with Crippen LogP contribution in [0.2, 0.25) is 5.02 Å². The first kappa shape index (κ1) is 17.7. The van der Waals surface area contributed by atoms with E-state index in [0.717, 1.165) is 38.2 Å². The first-order chi connectivity index (χ1) is 11.0. The molecule has 0 radical (unpaired) electrons. The molecule has 1 aliphatic carbocycles. The molecular formula is C16H20ClFN2O3. The van der Waals surface area contributed by atoms with Crippen LogP contribution in [-0.2, 0) is 9.59 Å². The summed E-state index contributed by atoms with van der Waals surface area (Å²) in [6.45, 7) is -0.0323. The summed E-state index contributed by atoms with van der Waals surface area (Å²) in [6.07, 6.45) is 4.51. The third-order valence-corrected chi connectivity index (χ3v) is 4.33. The summed E-state index contributed by atoms with van der Waals surface area (Å²) in [5, 5.41) is 14.5. The van der Waals surface area contributed by atoms with Crippen molar-refractivity contribution in [3.8, 4) is 0 Å². The Morgan fingerprint density at radius 3 is 2.70 bits per heavy atom. The molecule has 2 amide bonds. The van der Waals surface area contributed by atoms with Gasteiger partial charge in [0.1, 0.15) is 5.82 Å². The summed E-state index contributed by atoms with van der Waals surface area (Å²) in [7, 11) is 0. The average molecular weight is 343 g/mol. The van der Waals surface area contributed by atoms with Crippen molar-refractivity contribution >= 4 is 29.1 Å². The summed E-state index contributed by atoms with van der Waals surface area (Å²) >= 11 is 5.75. The van der Waals surface area contributed by atoms with Gasteiger partial charge in [0, 0.05) is 23.6 Å². The highest BCUT2D eigenvalue weighted by atomic mass is 35.5. The van der Waals surface area contributed by atoms with E-state index in [1.54, 1.807) is 0 Å². The molecule has 2 rings (SSSR count). The SMILES string of the molecule is O=C(Nc1cc(Cl)ccc1F)C(=O)NC1CCCCCC1CO. The molecule has 1 aromatic carbocycles. The summed E-state index contributed by atoms with van der Waals surface area (Å²) in [5.74, 6) is -2.52. The van der Waals surface area contributed by atoms with E-state index in [0.29, 0.717) is 0 Å². The lowest BCUT2D eigenvalue weighted by molar-refractivity contribution is -0.137. The van der Waals surface area contributed by atoms with Crippen LogP contribution >= 0.6 is 11.6 Å². The van der Waals surface area contributed by atoms with Gasteiger partial charge in [0.2, 0.25) is 0 Å². The van der Waals surface area contributed by atoms with Gasteiger partial charge in [0.05, 0.1) is 5.69 Å². The van der Waals surface area contributed by atoms with Crippen LogP contribution in [0, 0.1) is 11.7 Å². The topological polar surface area (TPSA) is 78.4 Å². The zero-order valence-electron chi connectivity index (χ0n) is 12.6. The maximum absolute atomic E-state index is 13.6. The van der Waals surface area contributed by atoms with Crippen molar-refractivity contribution in [1.29, 1.82) is 0 Å². The Bertz CT molecular complexity index is 582. The number of rotatable bonds is 3. The standard InChI is InChI=1S/C16H20ClFN2O3/c17-11-6-7-12(18)14(8-11)20-16(23)15(22)19-13-5-3-1-2-4-10(13)9-21/h6-8,10,13,21H,1-5,9H2,(H,19,22)(H,20,23). The van der Waals surface area contributed by atoms with Gasteiger partial charge in [-0.1, -0.05) is 30.9 Å². The van der Waals surface area contributed by atoms with E-state index in [1.807, 2.05) is 0 Å². The maximum Gasteiger partial charge on any atom is 0.313 e. The highest BCUT2D eigenvalue weighted by Gasteiger charge is 2.27. The van der Waals surface area contributed by atoms with Crippen LogP contribution in [-0.4, -0.2) is 29.6 Å².